The summed E-state index contributed by atoms with van der Waals surface area (Å²) >= 11 is 0. The van der Waals surface area contributed by atoms with Gasteiger partial charge in [-0.3, -0.25) is 4.79 Å². The summed E-state index contributed by atoms with van der Waals surface area (Å²) in [6.45, 7) is 2.23. The molecule has 0 aromatic heterocycles. The third-order valence-corrected chi connectivity index (χ3v) is 7.59. The number of hydrogen-bond donors (Lipinski definition) is 1. The summed E-state index contributed by atoms with van der Waals surface area (Å²) < 4.78 is 0. The van der Waals surface area contributed by atoms with Crippen molar-refractivity contribution in [2.24, 2.45) is 23.2 Å². The molecule has 0 amide bonds. The van der Waals surface area contributed by atoms with Crippen LogP contribution in [0.3, 0.4) is 0 Å². The third-order valence-electron chi connectivity index (χ3n) is 7.59. The van der Waals surface area contributed by atoms with Crippen molar-refractivity contribution in [1.82, 2.24) is 0 Å². The van der Waals surface area contributed by atoms with E-state index in [2.05, 4.69) is 12.8 Å². The van der Waals surface area contributed by atoms with Gasteiger partial charge in [0.25, 0.3) is 0 Å². The Bertz CT molecular complexity index is 595. The van der Waals surface area contributed by atoms with Gasteiger partial charge in [0, 0.05) is 18.3 Å². The molecule has 0 unspecified atom stereocenters. The Hall–Kier alpha value is -1.07. The van der Waals surface area contributed by atoms with Crippen LogP contribution in [0.15, 0.2) is 11.1 Å². The topological polar surface area (TPSA) is 37.3 Å². The SMILES string of the molecule is C#C[C@]1(O)CC[C@@H]2[C@H]3CCC4=C(CCC(=O)C4)[C@H]3CC[C@@]21C. The fourth-order valence-corrected chi connectivity index (χ4v) is 6.30. The molecular formula is C20H26O2. The molecule has 0 aliphatic heterocycles. The first-order valence-electron chi connectivity index (χ1n) is 8.91. The first-order chi connectivity index (χ1) is 10.5. The maximum atomic E-state index is 11.7. The molecule has 0 saturated heterocycles. The van der Waals surface area contributed by atoms with Crippen molar-refractivity contribution in [2.75, 3.05) is 0 Å². The number of Topliss-reactive ketones (excluding diaryl/α,β-unsaturated/α-hetero) is 1. The van der Waals surface area contributed by atoms with Gasteiger partial charge in [0.1, 0.15) is 11.4 Å². The quantitative estimate of drug-likeness (QED) is 0.547. The fourth-order valence-electron chi connectivity index (χ4n) is 6.30. The summed E-state index contributed by atoms with van der Waals surface area (Å²) in [5, 5.41) is 10.9. The van der Waals surface area contributed by atoms with Gasteiger partial charge in [0.15, 0.2) is 0 Å². The minimum atomic E-state index is -0.903. The zero-order chi connectivity index (χ0) is 15.5. The van der Waals surface area contributed by atoms with Crippen molar-refractivity contribution in [1.29, 1.82) is 0 Å². The van der Waals surface area contributed by atoms with Crippen LogP contribution in [0.2, 0.25) is 0 Å². The highest BCUT2D eigenvalue weighted by molar-refractivity contribution is 5.82. The van der Waals surface area contributed by atoms with Gasteiger partial charge in [0.2, 0.25) is 0 Å². The van der Waals surface area contributed by atoms with E-state index in [0.717, 1.165) is 51.4 Å². The van der Waals surface area contributed by atoms with Gasteiger partial charge in [-0.15, -0.1) is 6.42 Å². The molecule has 2 fully saturated rings. The summed E-state index contributed by atoms with van der Waals surface area (Å²) in [6, 6.07) is 0. The van der Waals surface area contributed by atoms with E-state index in [4.69, 9.17) is 6.42 Å². The minimum absolute atomic E-state index is 0.106. The van der Waals surface area contributed by atoms with E-state index >= 15 is 0 Å². The normalized spacial score (nSPS) is 47.5. The number of ketones is 1. The highest BCUT2D eigenvalue weighted by Crippen LogP contribution is 2.64. The molecule has 4 aliphatic rings. The molecule has 0 aromatic rings. The molecule has 2 heteroatoms. The van der Waals surface area contributed by atoms with E-state index in [1.165, 1.54) is 12.0 Å². The average molecular weight is 298 g/mol. The van der Waals surface area contributed by atoms with Gasteiger partial charge >= 0.3 is 0 Å². The van der Waals surface area contributed by atoms with Gasteiger partial charge in [0.05, 0.1) is 0 Å². The van der Waals surface area contributed by atoms with Gasteiger partial charge in [-0.1, -0.05) is 24.0 Å². The number of terminal acetylenes is 1. The Morgan fingerprint density at radius 1 is 1.18 bits per heavy atom. The lowest BCUT2D eigenvalue weighted by Gasteiger charge is -2.53. The first-order valence-corrected chi connectivity index (χ1v) is 8.91. The Kier molecular flexibility index (Phi) is 3.11. The molecule has 22 heavy (non-hydrogen) atoms. The second-order valence-corrected chi connectivity index (χ2v) is 8.26. The van der Waals surface area contributed by atoms with Crippen LogP contribution in [-0.2, 0) is 4.79 Å². The standard InChI is InChI=1S/C20H26O2/c1-3-20(22)11-9-18-17-6-4-13-12-14(21)5-7-15(13)16(17)8-10-19(18,20)2/h1,16-18,22H,4-12H2,2H3/t16-,17+,18-,19+,20+/m1/s1. The molecular weight excluding hydrogens is 272 g/mol. The fraction of sp³-hybridized carbons (Fsp3) is 0.750. The van der Waals surface area contributed by atoms with Gasteiger partial charge in [-0.05, 0) is 62.7 Å². The van der Waals surface area contributed by atoms with Crippen LogP contribution in [0.4, 0.5) is 0 Å². The summed E-state index contributed by atoms with van der Waals surface area (Å²) in [7, 11) is 0. The largest absolute Gasteiger partial charge is 0.377 e. The number of aliphatic hydroxyl groups is 1. The lowest BCUT2D eigenvalue weighted by Crippen LogP contribution is -2.50. The van der Waals surface area contributed by atoms with Crippen LogP contribution in [0.25, 0.3) is 0 Å². The highest BCUT2D eigenvalue weighted by Gasteiger charge is 2.61. The van der Waals surface area contributed by atoms with E-state index in [1.54, 1.807) is 5.57 Å². The number of allylic oxidation sites excluding steroid dienone is 2. The maximum Gasteiger partial charge on any atom is 0.137 e. The van der Waals surface area contributed by atoms with Crippen LogP contribution in [0.1, 0.15) is 64.7 Å². The van der Waals surface area contributed by atoms with Gasteiger partial charge in [-0.2, -0.15) is 0 Å². The molecule has 5 atom stereocenters. The lowest BCUT2D eigenvalue weighted by atomic mass is 9.52. The summed E-state index contributed by atoms with van der Waals surface area (Å²) in [5.74, 6) is 5.06. The summed E-state index contributed by atoms with van der Waals surface area (Å²) in [5.41, 5.74) is 2.08. The number of carbonyl (C=O) groups is 1. The molecule has 1 N–H and O–H groups in total. The Morgan fingerprint density at radius 3 is 2.77 bits per heavy atom. The predicted octanol–water partition coefficient (Wildman–Crippen LogP) is 3.64. The van der Waals surface area contributed by atoms with Crippen LogP contribution in [0, 0.1) is 35.5 Å². The number of fused-ring (bicyclic) bond motifs is 4. The molecule has 0 bridgehead atoms. The van der Waals surface area contributed by atoms with E-state index < -0.39 is 5.60 Å². The molecule has 0 aromatic carbocycles. The predicted molar refractivity (Wildman–Crippen MR) is 85.9 cm³/mol. The Balaban J connectivity index is 1.67. The molecule has 0 spiro atoms. The van der Waals surface area contributed by atoms with E-state index in [1.807, 2.05) is 0 Å². The Morgan fingerprint density at radius 2 is 2.00 bits per heavy atom. The van der Waals surface area contributed by atoms with Crippen molar-refractivity contribution in [3.8, 4) is 12.3 Å². The second kappa shape index (κ2) is 4.71. The van der Waals surface area contributed by atoms with Gasteiger partial charge in [-0.25, -0.2) is 0 Å². The smallest absolute Gasteiger partial charge is 0.137 e. The summed E-state index contributed by atoms with van der Waals surface area (Å²) in [6.07, 6.45) is 14.5. The zero-order valence-electron chi connectivity index (χ0n) is 13.5. The van der Waals surface area contributed by atoms with Gasteiger partial charge < -0.3 is 5.11 Å². The third kappa shape index (κ3) is 1.75. The molecule has 2 nitrogen and oxygen atoms in total. The monoisotopic (exact) mass is 298 g/mol. The van der Waals surface area contributed by atoms with Crippen LogP contribution in [-0.4, -0.2) is 16.5 Å². The highest BCUT2D eigenvalue weighted by atomic mass is 16.3. The van der Waals surface area contributed by atoms with E-state index in [0.29, 0.717) is 23.5 Å². The van der Waals surface area contributed by atoms with Crippen molar-refractivity contribution in [3.63, 3.8) is 0 Å². The van der Waals surface area contributed by atoms with Crippen molar-refractivity contribution >= 4 is 5.78 Å². The molecule has 118 valence electrons. The van der Waals surface area contributed by atoms with Crippen LogP contribution < -0.4 is 0 Å². The van der Waals surface area contributed by atoms with E-state index in [-0.39, 0.29) is 5.41 Å². The van der Waals surface area contributed by atoms with Crippen LogP contribution >= 0.6 is 0 Å². The molecule has 4 rings (SSSR count). The van der Waals surface area contributed by atoms with Crippen molar-refractivity contribution in [3.05, 3.63) is 11.1 Å². The molecule has 4 aliphatic carbocycles. The lowest BCUT2D eigenvalue weighted by molar-refractivity contribution is -0.119. The number of carbonyl (C=O) groups excluding carboxylic acids is 1. The average Bonchev–Trinajstić information content (AvgIpc) is 2.79. The van der Waals surface area contributed by atoms with Crippen molar-refractivity contribution in [2.45, 2.75) is 70.3 Å². The minimum Gasteiger partial charge on any atom is -0.377 e. The summed E-state index contributed by atoms with van der Waals surface area (Å²) in [4.78, 5) is 11.7. The molecule has 0 radical (unpaired) electrons. The number of rotatable bonds is 0. The molecule has 0 heterocycles. The number of hydrogen-bond acceptors (Lipinski definition) is 2. The second-order valence-electron chi connectivity index (χ2n) is 8.26. The molecule has 2 saturated carbocycles. The van der Waals surface area contributed by atoms with E-state index in [9.17, 15) is 9.90 Å². The zero-order valence-corrected chi connectivity index (χ0v) is 13.5. The first kappa shape index (κ1) is 14.5. The Labute approximate surface area is 133 Å². The maximum absolute atomic E-state index is 11.7. The van der Waals surface area contributed by atoms with Crippen molar-refractivity contribution < 1.29 is 9.90 Å². The van der Waals surface area contributed by atoms with Crippen LogP contribution in [0.5, 0.6) is 0 Å².